The van der Waals surface area contributed by atoms with Gasteiger partial charge in [0.2, 0.25) is 0 Å². The molecule has 1 heterocycles. The van der Waals surface area contributed by atoms with Crippen LogP contribution in [0.15, 0.2) is 64.5 Å². The topological polar surface area (TPSA) is 42.9 Å². The third kappa shape index (κ3) is 2.79. The fraction of sp³-hybridized carbons (Fsp3) is 0.222. The minimum absolute atomic E-state index is 0.160. The molecule has 2 aromatic carbocycles. The Balaban J connectivity index is 2.21. The Bertz CT molecular complexity index is 889. The Morgan fingerprint density at radius 2 is 1.82 bits per heavy atom. The van der Waals surface area contributed by atoms with Crippen LogP contribution in [0.1, 0.15) is 28.0 Å². The summed E-state index contributed by atoms with van der Waals surface area (Å²) in [6.07, 6.45) is 1.69. The molecule has 0 saturated carbocycles. The molecular weight excluding hydrogens is 292 g/mol. The van der Waals surface area contributed by atoms with E-state index in [1.807, 2.05) is 18.2 Å². The Morgan fingerprint density at radius 1 is 1.09 bits per heavy atom. The van der Waals surface area contributed by atoms with E-state index in [0.29, 0.717) is 15.2 Å². The van der Waals surface area contributed by atoms with E-state index in [9.17, 15) is 4.21 Å². The van der Waals surface area contributed by atoms with Crippen molar-refractivity contribution in [2.45, 2.75) is 36.0 Å². The molecule has 3 rings (SSSR count). The Morgan fingerprint density at radius 3 is 2.50 bits per heavy atom. The summed E-state index contributed by atoms with van der Waals surface area (Å²) in [4.78, 5) is 10.2. The van der Waals surface area contributed by atoms with Crippen LogP contribution in [0, 0.1) is 0 Å². The smallest absolute Gasteiger partial charge is 0.134 e. The zero-order valence-electron chi connectivity index (χ0n) is 13.8. The summed E-state index contributed by atoms with van der Waals surface area (Å²) in [7, 11) is -1.43. The minimum atomic E-state index is -1.43. The second kappa shape index (κ2) is 5.61. The predicted molar refractivity (Wildman–Crippen MR) is 89.4 cm³/mol. The van der Waals surface area contributed by atoms with Gasteiger partial charge < -0.3 is 0 Å². The van der Waals surface area contributed by atoms with Gasteiger partial charge in [0.25, 0.3) is 0 Å². The van der Waals surface area contributed by atoms with Crippen molar-refractivity contribution in [2.24, 2.45) is 0 Å². The van der Waals surface area contributed by atoms with Crippen molar-refractivity contribution in [3.8, 4) is 0 Å². The van der Waals surface area contributed by atoms with Crippen molar-refractivity contribution in [3.05, 3.63) is 60.5 Å². The molecular formula is C18H18N2OS. The van der Waals surface area contributed by atoms with Crippen LogP contribution >= 0.6 is 0 Å². The average Bonchev–Trinajstić information content (AvgIpc) is 2.53. The number of rotatable bonds is 2. The van der Waals surface area contributed by atoms with Crippen LogP contribution in [0.25, 0.3) is 10.9 Å². The second-order valence-electron chi connectivity index (χ2n) is 6.13. The first-order chi connectivity index (χ1) is 10.9. The molecule has 0 amide bonds. The number of benzene rings is 2. The standard InChI is InChI=1S/C18H18N2OS/c1-18(2,3)17-19-12-14-15(20-17)10-7-11-16(14)22(21)13-8-5-4-6-9-13/h4-12H,1-3H3/i11D. The van der Waals surface area contributed by atoms with E-state index in [1.54, 1.807) is 30.5 Å². The summed E-state index contributed by atoms with van der Waals surface area (Å²) in [6.45, 7) is 6.15. The summed E-state index contributed by atoms with van der Waals surface area (Å²) in [5.74, 6) is 0.735. The summed E-state index contributed by atoms with van der Waals surface area (Å²) in [5, 5.41) is 0.674. The summed E-state index contributed by atoms with van der Waals surface area (Å²) in [5.41, 5.74) is 0.562. The molecule has 1 atom stereocenters. The van der Waals surface area contributed by atoms with E-state index >= 15 is 0 Å². The number of fused-ring (bicyclic) bond motifs is 1. The van der Waals surface area contributed by atoms with Crippen LogP contribution in [0.5, 0.6) is 0 Å². The van der Waals surface area contributed by atoms with Gasteiger partial charge in [-0.3, -0.25) is 0 Å². The van der Waals surface area contributed by atoms with Crippen LogP contribution in [0.4, 0.5) is 0 Å². The molecule has 3 aromatic rings. The van der Waals surface area contributed by atoms with E-state index < -0.39 is 10.8 Å². The third-order valence-electron chi connectivity index (χ3n) is 3.33. The van der Waals surface area contributed by atoms with Gasteiger partial charge in [0.15, 0.2) is 0 Å². The minimum Gasteiger partial charge on any atom is -0.249 e. The maximum atomic E-state index is 12.9. The highest BCUT2D eigenvalue weighted by Crippen LogP contribution is 2.26. The van der Waals surface area contributed by atoms with Crippen molar-refractivity contribution < 1.29 is 5.58 Å². The van der Waals surface area contributed by atoms with E-state index in [-0.39, 0.29) is 11.5 Å². The van der Waals surface area contributed by atoms with Gasteiger partial charge in [0.1, 0.15) is 5.82 Å². The molecule has 1 aromatic heterocycles. The number of nitrogens with zero attached hydrogens (tertiary/aromatic N) is 2. The zero-order valence-corrected chi connectivity index (χ0v) is 13.6. The lowest BCUT2D eigenvalue weighted by Crippen LogP contribution is -2.15. The van der Waals surface area contributed by atoms with E-state index in [0.717, 1.165) is 11.3 Å². The summed E-state index contributed by atoms with van der Waals surface area (Å²) >= 11 is 0. The Kier molecular flexibility index (Phi) is 3.47. The van der Waals surface area contributed by atoms with Crippen molar-refractivity contribution >= 4 is 21.7 Å². The molecule has 22 heavy (non-hydrogen) atoms. The third-order valence-corrected chi connectivity index (χ3v) is 4.74. The second-order valence-corrected chi connectivity index (χ2v) is 7.55. The lowest BCUT2D eigenvalue weighted by atomic mass is 9.95. The molecule has 0 aliphatic heterocycles. The van der Waals surface area contributed by atoms with Crippen molar-refractivity contribution in [3.63, 3.8) is 0 Å². The molecule has 4 heteroatoms. The van der Waals surface area contributed by atoms with E-state index in [1.165, 1.54) is 0 Å². The van der Waals surface area contributed by atoms with Crippen LogP contribution in [-0.4, -0.2) is 14.2 Å². The summed E-state index contributed by atoms with van der Waals surface area (Å²) < 4.78 is 21.1. The van der Waals surface area contributed by atoms with Crippen LogP contribution in [0.3, 0.4) is 0 Å². The monoisotopic (exact) mass is 311 g/mol. The first kappa shape index (κ1) is 13.6. The van der Waals surface area contributed by atoms with Gasteiger partial charge in [0, 0.05) is 21.9 Å². The highest BCUT2D eigenvalue weighted by Gasteiger charge is 2.19. The van der Waals surface area contributed by atoms with Crippen LogP contribution in [-0.2, 0) is 16.2 Å². The normalized spacial score (nSPS) is 13.9. The van der Waals surface area contributed by atoms with Gasteiger partial charge >= 0.3 is 0 Å². The SMILES string of the molecule is [2H]c1ccc2nc(C(C)(C)C)ncc2c1S(=O)c1ccccc1. The molecule has 0 bridgehead atoms. The molecule has 1 unspecified atom stereocenters. The maximum absolute atomic E-state index is 12.9. The summed E-state index contributed by atoms with van der Waals surface area (Å²) in [6, 6.07) is 12.9. The molecule has 0 fully saturated rings. The molecule has 112 valence electrons. The highest BCUT2D eigenvalue weighted by atomic mass is 32.2. The molecule has 0 saturated heterocycles. The van der Waals surface area contributed by atoms with Gasteiger partial charge in [0.05, 0.1) is 22.6 Å². The molecule has 0 N–H and O–H groups in total. The van der Waals surface area contributed by atoms with Crippen molar-refractivity contribution in [1.29, 1.82) is 0 Å². The lowest BCUT2D eigenvalue weighted by molar-refractivity contribution is 0.548. The molecule has 0 aliphatic carbocycles. The molecule has 0 aliphatic rings. The maximum Gasteiger partial charge on any atom is 0.134 e. The van der Waals surface area contributed by atoms with E-state index in [2.05, 4.69) is 30.7 Å². The van der Waals surface area contributed by atoms with Gasteiger partial charge in [-0.1, -0.05) is 45.0 Å². The number of hydrogen-bond donors (Lipinski definition) is 0. The molecule has 0 spiro atoms. The van der Waals surface area contributed by atoms with Gasteiger partial charge in [-0.25, -0.2) is 14.2 Å². The Labute approximate surface area is 134 Å². The lowest BCUT2D eigenvalue weighted by Gasteiger charge is -2.17. The average molecular weight is 311 g/mol. The van der Waals surface area contributed by atoms with Crippen molar-refractivity contribution in [1.82, 2.24) is 9.97 Å². The predicted octanol–water partition coefficient (Wildman–Crippen LogP) is 4.09. The Hall–Kier alpha value is -2.07. The molecule has 0 radical (unpaired) electrons. The fourth-order valence-electron chi connectivity index (χ4n) is 2.15. The van der Waals surface area contributed by atoms with Crippen LogP contribution in [0.2, 0.25) is 0 Å². The zero-order chi connectivity index (χ0) is 16.6. The highest BCUT2D eigenvalue weighted by molar-refractivity contribution is 7.85. The fourth-order valence-corrected chi connectivity index (χ4v) is 3.32. The van der Waals surface area contributed by atoms with Crippen LogP contribution < -0.4 is 0 Å². The quantitative estimate of drug-likeness (QED) is 0.716. The van der Waals surface area contributed by atoms with Crippen molar-refractivity contribution in [2.75, 3.05) is 0 Å². The first-order valence-corrected chi connectivity index (χ1v) is 8.26. The largest absolute Gasteiger partial charge is 0.249 e. The van der Waals surface area contributed by atoms with Gasteiger partial charge in [-0.15, -0.1) is 0 Å². The van der Waals surface area contributed by atoms with E-state index in [4.69, 9.17) is 1.37 Å². The molecule has 3 nitrogen and oxygen atoms in total. The first-order valence-electron chi connectivity index (χ1n) is 7.61. The van der Waals surface area contributed by atoms with Gasteiger partial charge in [-0.05, 0) is 24.2 Å². The van der Waals surface area contributed by atoms with Gasteiger partial charge in [-0.2, -0.15) is 0 Å². The number of hydrogen-bond acceptors (Lipinski definition) is 3. The number of aromatic nitrogens is 2.